The fourth-order valence-electron chi connectivity index (χ4n) is 7.21. The molecule has 0 bridgehead atoms. The molecular formula is C44H28O. The predicted molar refractivity (Wildman–Crippen MR) is 190 cm³/mol. The fraction of sp³-hybridized carbons (Fsp3) is 0. The molecule has 210 valence electrons. The SMILES string of the molecule is c1ccc(-c2ccccc2-c2c3ccccc3c(-c3ccccc3-c3cccc4oc5ccccc5c34)c3ccccc23)cc1. The first-order chi connectivity index (χ1) is 22.4. The first kappa shape index (κ1) is 25.6. The zero-order chi connectivity index (χ0) is 29.7. The van der Waals surface area contributed by atoms with Crippen LogP contribution in [0.25, 0.3) is 88.0 Å². The number of para-hydroxylation sites is 1. The van der Waals surface area contributed by atoms with E-state index in [0.717, 1.165) is 21.9 Å². The van der Waals surface area contributed by atoms with Gasteiger partial charge in [-0.25, -0.2) is 0 Å². The van der Waals surface area contributed by atoms with Crippen LogP contribution in [0, 0.1) is 0 Å². The van der Waals surface area contributed by atoms with Crippen LogP contribution in [0.1, 0.15) is 0 Å². The Bertz CT molecular complexity index is 2480. The van der Waals surface area contributed by atoms with Gasteiger partial charge in [0.05, 0.1) is 0 Å². The standard InChI is InChI=1S/C44H28O/c1-2-15-29(16-3-1)30-17-4-6-19-32(30)42-35-21-8-10-23-37(35)43(38-24-11-9-22-36(38)42)33-20-7-5-18-31(33)34-26-14-28-41-44(34)39-25-12-13-27-40(39)45-41/h1-28H. The van der Waals surface area contributed by atoms with E-state index in [1.807, 2.05) is 6.07 Å². The van der Waals surface area contributed by atoms with Crippen LogP contribution < -0.4 is 0 Å². The summed E-state index contributed by atoms with van der Waals surface area (Å²) in [5, 5.41) is 7.27. The van der Waals surface area contributed by atoms with E-state index in [2.05, 4.69) is 164 Å². The van der Waals surface area contributed by atoms with Crippen LogP contribution in [0.4, 0.5) is 0 Å². The molecule has 1 nitrogen and oxygen atoms in total. The Hall–Kier alpha value is -5.92. The van der Waals surface area contributed by atoms with Gasteiger partial charge < -0.3 is 4.42 Å². The average Bonchev–Trinajstić information content (AvgIpc) is 3.50. The number of furan rings is 1. The third-order valence-corrected chi connectivity index (χ3v) is 9.10. The maximum absolute atomic E-state index is 6.31. The summed E-state index contributed by atoms with van der Waals surface area (Å²) in [7, 11) is 0. The molecule has 45 heavy (non-hydrogen) atoms. The van der Waals surface area contributed by atoms with Gasteiger partial charge in [-0.05, 0) is 78.2 Å². The fourth-order valence-corrected chi connectivity index (χ4v) is 7.21. The summed E-state index contributed by atoms with van der Waals surface area (Å²) < 4.78 is 6.31. The second kappa shape index (κ2) is 10.4. The quantitative estimate of drug-likeness (QED) is 0.191. The molecule has 0 aliphatic carbocycles. The van der Waals surface area contributed by atoms with Gasteiger partial charge in [0.1, 0.15) is 11.2 Å². The zero-order valence-electron chi connectivity index (χ0n) is 24.6. The van der Waals surface area contributed by atoms with Gasteiger partial charge in [-0.15, -0.1) is 0 Å². The lowest BCUT2D eigenvalue weighted by atomic mass is 9.82. The predicted octanol–water partition coefficient (Wildman–Crippen LogP) is 12.6. The Kier molecular flexibility index (Phi) is 5.89. The molecule has 0 amide bonds. The molecule has 0 aliphatic rings. The number of fused-ring (bicyclic) bond motifs is 5. The smallest absolute Gasteiger partial charge is 0.136 e. The Morgan fingerprint density at radius 2 is 0.689 bits per heavy atom. The Labute approximate surface area is 261 Å². The van der Waals surface area contributed by atoms with E-state index < -0.39 is 0 Å². The van der Waals surface area contributed by atoms with Crippen LogP contribution in [0.5, 0.6) is 0 Å². The van der Waals surface area contributed by atoms with Crippen molar-refractivity contribution in [3.8, 4) is 44.5 Å². The van der Waals surface area contributed by atoms with Gasteiger partial charge in [-0.1, -0.05) is 158 Å². The van der Waals surface area contributed by atoms with Gasteiger partial charge in [-0.2, -0.15) is 0 Å². The molecule has 0 saturated heterocycles. The molecule has 9 rings (SSSR count). The van der Waals surface area contributed by atoms with E-state index in [1.165, 1.54) is 66.1 Å². The number of rotatable bonds is 4. The van der Waals surface area contributed by atoms with Crippen molar-refractivity contribution >= 4 is 43.5 Å². The second-order valence-electron chi connectivity index (χ2n) is 11.6. The van der Waals surface area contributed by atoms with Gasteiger partial charge in [-0.3, -0.25) is 0 Å². The van der Waals surface area contributed by atoms with Crippen LogP contribution in [0.2, 0.25) is 0 Å². The molecule has 0 N–H and O–H groups in total. The molecule has 1 heterocycles. The lowest BCUT2D eigenvalue weighted by Gasteiger charge is -2.21. The molecule has 0 radical (unpaired) electrons. The summed E-state index contributed by atoms with van der Waals surface area (Å²) in [6.07, 6.45) is 0. The average molecular weight is 573 g/mol. The van der Waals surface area contributed by atoms with Gasteiger partial charge in [0.2, 0.25) is 0 Å². The maximum atomic E-state index is 6.31. The van der Waals surface area contributed by atoms with E-state index in [0.29, 0.717) is 0 Å². The lowest BCUT2D eigenvalue weighted by Crippen LogP contribution is -1.94. The van der Waals surface area contributed by atoms with Gasteiger partial charge >= 0.3 is 0 Å². The summed E-state index contributed by atoms with van der Waals surface area (Å²) in [4.78, 5) is 0. The van der Waals surface area contributed by atoms with Crippen molar-refractivity contribution in [3.05, 3.63) is 170 Å². The van der Waals surface area contributed by atoms with Crippen molar-refractivity contribution in [1.29, 1.82) is 0 Å². The van der Waals surface area contributed by atoms with Crippen LogP contribution >= 0.6 is 0 Å². The minimum Gasteiger partial charge on any atom is -0.456 e. The first-order valence-corrected chi connectivity index (χ1v) is 15.4. The van der Waals surface area contributed by atoms with E-state index in [4.69, 9.17) is 4.42 Å². The van der Waals surface area contributed by atoms with Crippen LogP contribution in [0.15, 0.2) is 174 Å². The molecule has 0 atom stereocenters. The highest BCUT2D eigenvalue weighted by atomic mass is 16.3. The molecule has 0 fully saturated rings. The minimum absolute atomic E-state index is 0.908. The molecule has 8 aromatic carbocycles. The van der Waals surface area contributed by atoms with Crippen molar-refractivity contribution in [2.75, 3.05) is 0 Å². The highest BCUT2D eigenvalue weighted by Crippen LogP contribution is 2.48. The Morgan fingerprint density at radius 3 is 1.31 bits per heavy atom. The molecule has 0 saturated carbocycles. The van der Waals surface area contributed by atoms with Crippen LogP contribution in [-0.2, 0) is 0 Å². The monoisotopic (exact) mass is 572 g/mol. The highest BCUT2D eigenvalue weighted by molar-refractivity contribution is 6.24. The van der Waals surface area contributed by atoms with Crippen molar-refractivity contribution in [1.82, 2.24) is 0 Å². The van der Waals surface area contributed by atoms with Gasteiger partial charge in [0.15, 0.2) is 0 Å². The van der Waals surface area contributed by atoms with Crippen molar-refractivity contribution in [2.24, 2.45) is 0 Å². The van der Waals surface area contributed by atoms with E-state index in [1.54, 1.807) is 0 Å². The highest BCUT2D eigenvalue weighted by Gasteiger charge is 2.21. The van der Waals surface area contributed by atoms with Crippen LogP contribution in [-0.4, -0.2) is 0 Å². The summed E-state index contributed by atoms with van der Waals surface area (Å²) in [6, 6.07) is 61.0. The summed E-state index contributed by atoms with van der Waals surface area (Å²) in [5.74, 6) is 0. The minimum atomic E-state index is 0.908. The molecule has 9 aromatic rings. The number of benzene rings is 8. The third-order valence-electron chi connectivity index (χ3n) is 9.10. The molecule has 0 aliphatic heterocycles. The zero-order valence-corrected chi connectivity index (χ0v) is 24.6. The summed E-state index contributed by atoms with van der Waals surface area (Å²) in [5.41, 5.74) is 11.6. The number of hydrogen-bond donors (Lipinski definition) is 0. The van der Waals surface area contributed by atoms with Crippen molar-refractivity contribution in [2.45, 2.75) is 0 Å². The molecule has 0 spiro atoms. The molecule has 0 unspecified atom stereocenters. The topological polar surface area (TPSA) is 13.1 Å². The molecular weight excluding hydrogens is 544 g/mol. The molecule has 1 aromatic heterocycles. The largest absolute Gasteiger partial charge is 0.456 e. The van der Waals surface area contributed by atoms with Crippen LogP contribution in [0.3, 0.4) is 0 Å². The molecule has 1 heteroatoms. The first-order valence-electron chi connectivity index (χ1n) is 15.4. The third kappa shape index (κ3) is 4.02. The normalized spacial score (nSPS) is 11.6. The van der Waals surface area contributed by atoms with Crippen molar-refractivity contribution in [3.63, 3.8) is 0 Å². The summed E-state index contributed by atoms with van der Waals surface area (Å²) in [6.45, 7) is 0. The van der Waals surface area contributed by atoms with Gasteiger partial charge in [0.25, 0.3) is 0 Å². The number of hydrogen-bond acceptors (Lipinski definition) is 1. The van der Waals surface area contributed by atoms with Crippen molar-refractivity contribution < 1.29 is 4.42 Å². The summed E-state index contributed by atoms with van der Waals surface area (Å²) >= 11 is 0. The Morgan fingerprint density at radius 1 is 0.267 bits per heavy atom. The van der Waals surface area contributed by atoms with Gasteiger partial charge in [0, 0.05) is 10.8 Å². The van der Waals surface area contributed by atoms with E-state index in [-0.39, 0.29) is 0 Å². The Balaban J connectivity index is 1.39. The van der Waals surface area contributed by atoms with E-state index >= 15 is 0 Å². The second-order valence-corrected chi connectivity index (χ2v) is 11.6. The maximum Gasteiger partial charge on any atom is 0.136 e. The lowest BCUT2D eigenvalue weighted by molar-refractivity contribution is 0.669. The van der Waals surface area contributed by atoms with E-state index in [9.17, 15) is 0 Å².